The Morgan fingerprint density at radius 1 is 1.31 bits per heavy atom. The molecule has 1 heterocycles. The van der Waals surface area contributed by atoms with Gasteiger partial charge >= 0.3 is 5.97 Å². The van der Waals surface area contributed by atoms with E-state index >= 15 is 0 Å². The minimum absolute atomic E-state index is 0.0542. The van der Waals surface area contributed by atoms with Crippen molar-refractivity contribution in [1.29, 1.82) is 0 Å². The maximum Gasteiger partial charge on any atom is 0.361 e. The molecule has 0 radical (unpaired) electrons. The van der Waals surface area contributed by atoms with Gasteiger partial charge in [-0.05, 0) is 104 Å². The fourth-order valence-electron chi connectivity index (χ4n) is 8.91. The molecular weight excluding hydrogens is 557 g/mol. The number of aliphatic hydroxyl groups excluding tert-OH is 2. The maximum absolute atomic E-state index is 13.5. The number of rotatable bonds is 4. The monoisotopic (exact) mass is 595 g/mol. The Kier molecular flexibility index (Phi) is 7.14. The molecule has 0 amide bonds. The Bertz CT molecular complexity index is 1490. The number of carbonyl (C=O) groups excluding carboxylic acids is 1. The number of halogens is 1. The molecule has 224 valence electrons. The number of hydrogen-bond acceptors (Lipinski definition) is 9. The number of carbonyl (C=O) groups is 1. The molecule has 2 aromatic rings. The number of hydrogen-bond donors (Lipinski definition) is 4. The van der Waals surface area contributed by atoms with Gasteiger partial charge in [0.25, 0.3) is 0 Å². The molecule has 42 heavy (non-hydrogen) atoms. The summed E-state index contributed by atoms with van der Waals surface area (Å²) >= 11 is 4.45. The first-order chi connectivity index (χ1) is 19.9. The average molecular weight is 596 g/mol. The number of allylic oxidation sites excluding steroid dienone is 3. The Hall–Kier alpha value is -3.02. The molecule has 0 bridgehead atoms. The van der Waals surface area contributed by atoms with Crippen LogP contribution < -0.4 is 5.73 Å². The smallest absolute Gasteiger partial charge is 0.361 e. The topological polar surface area (TPSA) is 136 Å². The van der Waals surface area contributed by atoms with E-state index in [0.29, 0.717) is 24.9 Å². The highest BCUT2D eigenvalue weighted by molar-refractivity contribution is 7.80. The Balaban J connectivity index is 1.33. The minimum atomic E-state index is -1.29. The lowest BCUT2D eigenvalue weighted by atomic mass is 9.45. The Labute approximate surface area is 250 Å². The molecule has 1 aromatic heterocycles. The zero-order valence-corrected chi connectivity index (χ0v) is 25.0. The maximum atomic E-state index is 13.5. The normalized spacial score (nSPS) is 38.4. The predicted molar refractivity (Wildman–Crippen MR) is 158 cm³/mol. The van der Waals surface area contributed by atoms with Gasteiger partial charge in [0.1, 0.15) is 11.3 Å². The molecule has 0 aliphatic heterocycles. The van der Waals surface area contributed by atoms with Gasteiger partial charge in [0, 0.05) is 12.5 Å². The van der Waals surface area contributed by atoms with Gasteiger partial charge in [0.15, 0.2) is 11.3 Å². The Morgan fingerprint density at radius 3 is 2.69 bits per heavy atom. The van der Waals surface area contributed by atoms with Crippen molar-refractivity contribution in [3.8, 4) is 0 Å². The molecule has 11 heteroatoms. The average Bonchev–Trinajstić information content (AvgIpc) is 3.50. The summed E-state index contributed by atoms with van der Waals surface area (Å²) in [7, 11) is 1.66. The van der Waals surface area contributed by atoms with Crippen molar-refractivity contribution in [3.63, 3.8) is 0 Å². The standard InChI is InChI=1S/C31H38FN5O4S/c1-29-13-17(15-33)23(34-20-7-5-19(32)6-8-20)12-18(29)4-9-21-22-10-11-31(28(40)42,30(22,2)14-25(38)26(21)29)41-27(39)24-16-37(3)36-35-24/h5-8,12,15-16,21-22,25-26,28,38,40,42H,4,9-11,13-14,33H2,1-3H3. The highest BCUT2D eigenvalue weighted by atomic mass is 32.1. The third-order valence-corrected chi connectivity index (χ3v) is 11.2. The first-order valence-electron chi connectivity index (χ1n) is 14.5. The summed E-state index contributed by atoms with van der Waals surface area (Å²) in [5, 5.41) is 30.8. The van der Waals surface area contributed by atoms with Crippen molar-refractivity contribution in [2.45, 2.75) is 69.5 Å². The van der Waals surface area contributed by atoms with E-state index in [0.717, 1.165) is 30.5 Å². The molecule has 3 fully saturated rings. The van der Waals surface area contributed by atoms with Gasteiger partial charge in [0.2, 0.25) is 0 Å². The third kappa shape index (κ3) is 4.34. The summed E-state index contributed by atoms with van der Waals surface area (Å²) in [6.07, 6.45) is 8.29. The van der Waals surface area contributed by atoms with Crippen molar-refractivity contribution in [1.82, 2.24) is 15.0 Å². The number of aliphatic imine (C=N–C) groups is 1. The van der Waals surface area contributed by atoms with Crippen molar-refractivity contribution in [3.05, 3.63) is 65.4 Å². The summed E-state index contributed by atoms with van der Waals surface area (Å²) in [6.45, 7) is 4.24. The number of aryl methyl sites for hydroxylation is 1. The fraction of sp³-hybridized carbons (Fsp3) is 0.548. The number of nitrogens with zero attached hydrogens (tertiary/aromatic N) is 4. The lowest BCUT2D eigenvalue weighted by Gasteiger charge is -2.61. The first-order valence-corrected chi connectivity index (χ1v) is 15.0. The molecule has 3 saturated carbocycles. The first kappa shape index (κ1) is 29.1. The van der Waals surface area contributed by atoms with Gasteiger partial charge in [-0.15, -0.1) is 17.7 Å². The van der Waals surface area contributed by atoms with Crippen molar-refractivity contribution >= 4 is 30.0 Å². The molecule has 6 rings (SSSR count). The van der Waals surface area contributed by atoms with Crippen molar-refractivity contribution in [2.24, 2.45) is 46.4 Å². The number of aromatic nitrogens is 3. The molecular formula is C31H38FN5O4S. The largest absolute Gasteiger partial charge is 0.450 e. The number of esters is 1. The summed E-state index contributed by atoms with van der Waals surface area (Å²) in [6, 6.07) is 6.06. The quantitative estimate of drug-likeness (QED) is 0.236. The van der Waals surface area contributed by atoms with Crippen LogP contribution in [0.4, 0.5) is 10.1 Å². The second-order valence-corrected chi connectivity index (χ2v) is 13.4. The second kappa shape index (κ2) is 10.3. The molecule has 9 nitrogen and oxygen atoms in total. The van der Waals surface area contributed by atoms with E-state index in [-0.39, 0.29) is 34.7 Å². The lowest BCUT2D eigenvalue weighted by molar-refractivity contribution is -0.187. The number of nitrogens with two attached hydrogens (primary N) is 1. The highest BCUT2D eigenvalue weighted by Gasteiger charge is 2.70. The van der Waals surface area contributed by atoms with Gasteiger partial charge in [-0.1, -0.05) is 24.6 Å². The lowest BCUT2D eigenvalue weighted by Crippen LogP contribution is -2.63. The number of thiol groups is 1. The second-order valence-electron chi connectivity index (χ2n) is 12.9. The molecule has 4 aliphatic carbocycles. The summed E-state index contributed by atoms with van der Waals surface area (Å²) in [5.74, 6) is -0.792. The molecule has 4 aliphatic rings. The third-order valence-electron chi connectivity index (χ3n) is 10.8. The fourth-order valence-corrected chi connectivity index (χ4v) is 9.39. The Morgan fingerprint density at radius 2 is 2.05 bits per heavy atom. The zero-order valence-electron chi connectivity index (χ0n) is 24.1. The van der Waals surface area contributed by atoms with Gasteiger partial charge in [0.05, 0.1) is 23.7 Å². The van der Waals surface area contributed by atoms with E-state index in [9.17, 15) is 19.4 Å². The molecule has 8 atom stereocenters. The van der Waals surface area contributed by atoms with E-state index < -0.39 is 28.5 Å². The molecule has 8 unspecified atom stereocenters. The number of ether oxygens (including phenoxy) is 1. The van der Waals surface area contributed by atoms with Crippen LogP contribution in [-0.2, 0) is 11.8 Å². The van der Waals surface area contributed by atoms with Gasteiger partial charge in [-0.2, -0.15) is 0 Å². The van der Waals surface area contributed by atoms with E-state index in [1.165, 1.54) is 28.6 Å². The summed E-state index contributed by atoms with van der Waals surface area (Å²) < 4.78 is 21.0. The van der Waals surface area contributed by atoms with Crippen LogP contribution in [-0.4, -0.2) is 54.0 Å². The van der Waals surface area contributed by atoms with E-state index in [1.54, 1.807) is 25.4 Å². The SMILES string of the molecule is Cn1cc(C(=O)OC2(C(O)S)CCC3C4CCC5=CC(=Nc6ccc(F)cc6)C(=CN)CC5(C)C4C(O)CC32C)nn1. The summed E-state index contributed by atoms with van der Waals surface area (Å²) in [5.41, 5.74) is 6.14. The van der Waals surface area contributed by atoms with Crippen LogP contribution in [0.1, 0.15) is 62.9 Å². The highest BCUT2D eigenvalue weighted by Crippen LogP contribution is 2.69. The van der Waals surface area contributed by atoms with Gasteiger partial charge in [-0.3, -0.25) is 4.68 Å². The van der Waals surface area contributed by atoms with E-state index in [2.05, 4.69) is 35.9 Å². The molecule has 4 N–H and O–H groups in total. The molecule has 0 saturated heterocycles. The number of fused-ring (bicyclic) bond motifs is 5. The molecule has 0 spiro atoms. The van der Waals surface area contributed by atoms with Crippen LogP contribution in [0.3, 0.4) is 0 Å². The van der Waals surface area contributed by atoms with Crippen LogP contribution in [0.5, 0.6) is 0 Å². The van der Waals surface area contributed by atoms with Gasteiger partial charge in [-0.25, -0.2) is 14.2 Å². The minimum Gasteiger partial charge on any atom is -0.450 e. The van der Waals surface area contributed by atoms with Crippen LogP contribution in [0, 0.1) is 34.4 Å². The van der Waals surface area contributed by atoms with Crippen molar-refractivity contribution < 1.29 is 24.1 Å². The number of benzene rings is 1. The van der Waals surface area contributed by atoms with Crippen LogP contribution >= 0.6 is 12.6 Å². The molecule has 1 aromatic carbocycles. The van der Waals surface area contributed by atoms with Crippen molar-refractivity contribution in [2.75, 3.05) is 0 Å². The summed E-state index contributed by atoms with van der Waals surface area (Å²) in [4.78, 5) is 18.0. The van der Waals surface area contributed by atoms with Gasteiger partial charge < -0.3 is 20.7 Å². The van der Waals surface area contributed by atoms with Crippen LogP contribution in [0.25, 0.3) is 0 Å². The van der Waals surface area contributed by atoms with E-state index in [1.807, 2.05) is 6.92 Å². The zero-order chi connectivity index (χ0) is 30.0. The number of aliphatic hydroxyl groups is 2. The van der Waals surface area contributed by atoms with Crippen LogP contribution in [0.2, 0.25) is 0 Å². The van der Waals surface area contributed by atoms with E-state index in [4.69, 9.17) is 15.5 Å². The predicted octanol–water partition coefficient (Wildman–Crippen LogP) is 4.26. The van der Waals surface area contributed by atoms with Crippen LogP contribution in [0.15, 0.2) is 58.9 Å².